The molecular formula is C19H23N3O2. The standard InChI is InChI=1S/C19H23N3O2/c1-15-13-22(9-8-21-15)19(23)11-16-4-2-6-18(10-16)24-14-17-5-3-7-20-12-17/h2-7,10,12,15,21H,8-9,11,13-14H2,1H3/t15-/m1/s1. The lowest BCUT2D eigenvalue weighted by Gasteiger charge is -2.32. The van der Waals surface area contributed by atoms with E-state index in [0.717, 1.165) is 36.5 Å². The number of amides is 1. The van der Waals surface area contributed by atoms with Crippen LogP contribution in [0.1, 0.15) is 18.1 Å². The van der Waals surface area contributed by atoms with Crippen molar-refractivity contribution in [3.05, 3.63) is 59.9 Å². The maximum absolute atomic E-state index is 12.5. The molecule has 1 atom stereocenters. The molecule has 0 radical (unpaired) electrons. The Kier molecular flexibility index (Phi) is 5.43. The zero-order valence-electron chi connectivity index (χ0n) is 13.9. The van der Waals surface area contributed by atoms with Gasteiger partial charge < -0.3 is 15.0 Å². The molecule has 5 nitrogen and oxygen atoms in total. The fourth-order valence-corrected chi connectivity index (χ4v) is 2.84. The monoisotopic (exact) mass is 325 g/mol. The Morgan fingerprint density at radius 2 is 2.21 bits per heavy atom. The molecule has 0 aliphatic carbocycles. The molecule has 0 bridgehead atoms. The highest BCUT2D eigenvalue weighted by Gasteiger charge is 2.20. The molecule has 2 heterocycles. The van der Waals surface area contributed by atoms with Gasteiger partial charge in [0, 0.05) is 43.6 Å². The minimum absolute atomic E-state index is 0.174. The third kappa shape index (κ3) is 4.55. The second kappa shape index (κ2) is 7.93. The summed E-state index contributed by atoms with van der Waals surface area (Å²) in [6.07, 6.45) is 3.95. The summed E-state index contributed by atoms with van der Waals surface area (Å²) in [7, 11) is 0. The Morgan fingerprint density at radius 1 is 1.33 bits per heavy atom. The summed E-state index contributed by atoms with van der Waals surface area (Å²) in [6, 6.07) is 12.0. The van der Waals surface area contributed by atoms with Crippen LogP contribution in [0, 0.1) is 0 Å². The fourth-order valence-electron chi connectivity index (χ4n) is 2.84. The van der Waals surface area contributed by atoms with Crippen LogP contribution in [0.3, 0.4) is 0 Å². The SMILES string of the molecule is C[C@@H]1CN(C(=O)Cc2cccc(OCc3cccnc3)c2)CCN1. The van der Waals surface area contributed by atoms with E-state index in [1.165, 1.54) is 0 Å². The number of nitrogens with zero attached hydrogens (tertiary/aromatic N) is 2. The minimum Gasteiger partial charge on any atom is -0.489 e. The molecule has 1 saturated heterocycles. The van der Waals surface area contributed by atoms with Gasteiger partial charge in [0.1, 0.15) is 12.4 Å². The van der Waals surface area contributed by atoms with Crippen molar-refractivity contribution in [1.82, 2.24) is 15.2 Å². The fraction of sp³-hybridized carbons (Fsp3) is 0.368. The Bertz CT molecular complexity index is 675. The lowest BCUT2D eigenvalue weighted by atomic mass is 10.1. The van der Waals surface area contributed by atoms with Gasteiger partial charge in [-0.15, -0.1) is 0 Å². The van der Waals surface area contributed by atoms with Crippen molar-refractivity contribution < 1.29 is 9.53 Å². The zero-order chi connectivity index (χ0) is 16.8. The van der Waals surface area contributed by atoms with Crippen molar-refractivity contribution in [3.63, 3.8) is 0 Å². The highest BCUT2D eigenvalue weighted by atomic mass is 16.5. The van der Waals surface area contributed by atoms with Crippen LogP contribution in [0.5, 0.6) is 5.75 Å². The first kappa shape index (κ1) is 16.5. The van der Waals surface area contributed by atoms with Crippen molar-refractivity contribution in [2.24, 2.45) is 0 Å². The summed E-state index contributed by atoms with van der Waals surface area (Å²) in [5.41, 5.74) is 2.00. The van der Waals surface area contributed by atoms with E-state index in [2.05, 4.69) is 17.2 Å². The molecule has 24 heavy (non-hydrogen) atoms. The molecule has 3 rings (SSSR count). The number of rotatable bonds is 5. The summed E-state index contributed by atoms with van der Waals surface area (Å²) in [5, 5.41) is 3.35. The average molecular weight is 325 g/mol. The lowest BCUT2D eigenvalue weighted by Crippen LogP contribution is -2.51. The van der Waals surface area contributed by atoms with Crippen molar-refractivity contribution >= 4 is 5.91 Å². The summed E-state index contributed by atoms with van der Waals surface area (Å²) in [4.78, 5) is 18.5. The third-order valence-electron chi connectivity index (χ3n) is 4.10. The number of carbonyl (C=O) groups excluding carboxylic acids is 1. The number of hydrogen-bond donors (Lipinski definition) is 1. The summed E-state index contributed by atoms with van der Waals surface area (Å²) >= 11 is 0. The van der Waals surface area contributed by atoms with E-state index in [0.29, 0.717) is 19.1 Å². The Balaban J connectivity index is 1.57. The normalized spacial score (nSPS) is 17.5. The van der Waals surface area contributed by atoms with Gasteiger partial charge in [-0.2, -0.15) is 0 Å². The number of carbonyl (C=O) groups is 1. The Hall–Kier alpha value is -2.40. The van der Waals surface area contributed by atoms with Crippen LogP contribution >= 0.6 is 0 Å². The predicted octanol–water partition coefficient (Wildman–Crippen LogP) is 2.02. The molecule has 126 valence electrons. The van der Waals surface area contributed by atoms with E-state index in [-0.39, 0.29) is 5.91 Å². The largest absolute Gasteiger partial charge is 0.489 e. The number of benzene rings is 1. The topological polar surface area (TPSA) is 54.5 Å². The van der Waals surface area contributed by atoms with Crippen LogP contribution in [0.4, 0.5) is 0 Å². The van der Waals surface area contributed by atoms with Crippen LogP contribution in [0.25, 0.3) is 0 Å². The first-order valence-electron chi connectivity index (χ1n) is 8.32. The summed E-state index contributed by atoms with van der Waals surface area (Å²) < 4.78 is 5.80. The van der Waals surface area contributed by atoms with E-state index < -0.39 is 0 Å². The maximum Gasteiger partial charge on any atom is 0.227 e. The second-order valence-corrected chi connectivity index (χ2v) is 6.17. The number of ether oxygens (including phenoxy) is 1. The number of nitrogens with one attached hydrogen (secondary N) is 1. The third-order valence-corrected chi connectivity index (χ3v) is 4.10. The molecule has 0 spiro atoms. The molecule has 1 aromatic carbocycles. The Morgan fingerprint density at radius 3 is 3.00 bits per heavy atom. The van der Waals surface area contributed by atoms with Crippen molar-refractivity contribution in [3.8, 4) is 5.75 Å². The van der Waals surface area contributed by atoms with Gasteiger partial charge in [-0.1, -0.05) is 18.2 Å². The summed E-state index contributed by atoms with van der Waals surface area (Å²) in [5.74, 6) is 0.950. The van der Waals surface area contributed by atoms with Crippen LogP contribution in [0.2, 0.25) is 0 Å². The van der Waals surface area contributed by atoms with E-state index >= 15 is 0 Å². The highest BCUT2D eigenvalue weighted by Crippen LogP contribution is 2.16. The first-order chi connectivity index (χ1) is 11.7. The van der Waals surface area contributed by atoms with Crippen LogP contribution in [0.15, 0.2) is 48.8 Å². The van der Waals surface area contributed by atoms with Crippen molar-refractivity contribution in [2.45, 2.75) is 26.0 Å². The molecule has 0 unspecified atom stereocenters. The van der Waals surface area contributed by atoms with Gasteiger partial charge in [0.2, 0.25) is 5.91 Å². The van der Waals surface area contributed by atoms with Crippen molar-refractivity contribution in [1.29, 1.82) is 0 Å². The molecule has 1 aliphatic rings. The minimum atomic E-state index is 0.174. The van der Waals surface area contributed by atoms with Gasteiger partial charge >= 0.3 is 0 Å². The predicted molar refractivity (Wildman–Crippen MR) is 92.8 cm³/mol. The second-order valence-electron chi connectivity index (χ2n) is 6.17. The van der Waals surface area contributed by atoms with Gasteiger partial charge in [-0.3, -0.25) is 9.78 Å². The van der Waals surface area contributed by atoms with Gasteiger partial charge in [-0.25, -0.2) is 0 Å². The van der Waals surface area contributed by atoms with Crippen LogP contribution in [-0.2, 0) is 17.8 Å². The Labute approximate surface area is 142 Å². The maximum atomic E-state index is 12.5. The van der Waals surface area contributed by atoms with E-state index in [1.807, 2.05) is 41.3 Å². The molecule has 1 amide bonds. The van der Waals surface area contributed by atoms with Crippen LogP contribution in [-0.4, -0.2) is 41.5 Å². The molecule has 5 heteroatoms. The number of piperazine rings is 1. The van der Waals surface area contributed by atoms with E-state index in [4.69, 9.17) is 4.74 Å². The number of pyridine rings is 1. The zero-order valence-corrected chi connectivity index (χ0v) is 13.9. The number of aromatic nitrogens is 1. The quantitative estimate of drug-likeness (QED) is 0.914. The first-order valence-corrected chi connectivity index (χ1v) is 8.32. The molecule has 0 saturated carbocycles. The molecule has 1 fully saturated rings. The summed E-state index contributed by atoms with van der Waals surface area (Å²) in [6.45, 7) is 4.99. The molecule has 1 aliphatic heterocycles. The highest BCUT2D eigenvalue weighted by molar-refractivity contribution is 5.79. The van der Waals surface area contributed by atoms with Gasteiger partial charge in [0.25, 0.3) is 0 Å². The van der Waals surface area contributed by atoms with Gasteiger partial charge in [0.15, 0.2) is 0 Å². The lowest BCUT2D eigenvalue weighted by molar-refractivity contribution is -0.131. The average Bonchev–Trinajstić information content (AvgIpc) is 2.61. The van der Waals surface area contributed by atoms with Gasteiger partial charge in [-0.05, 0) is 30.7 Å². The van der Waals surface area contributed by atoms with Crippen molar-refractivity contribution in [2.75, 3.05) is 19.6 Å². The number of hydrogen-bond acceptors (Lipinski definition) is 4. The van der Waals surface area contributed by atoms with E-state index in [1.54, 1.807) is 12.4 Å². The molecule has 2 aromatic rings. The molecular weight excluding hydrogens is 302 g/mol. The smallest absolute Gasteiger partial charge is 0.227 e. The van der Waals surface area contributed by atoms with E-state index in [9.17, 15) is 4.79 Å². The van der Waals surface area contributed by atoms with Gasteiger partial charge in [0.05, 0.1) is 6.42 Å². The van der Waals surface area contributed by atoms with Crippen LogP contribution < -0.4 is 10.1 Å². The molecule has 1 N–H and O–H groups in total. The molecule has 1 aromatic heterocycles.